The van der Waals surface area contributed by atoms with Crippen molar-refractivity contribution >= 4 is 17.2 Å². The van der Waals surface area contributed by atoms with E-state index in [2.05, 4.69) is 15.3 Å². The number of hydrogen-bond acceptors (Lipinski definition) is 4. The van der Waals surface area contributed by atoms with Gasteiger partial charge in [0.15, 0.2) is 0 Å². The highest BCUT2D eigenvalue weighted by Crippen LogP contribution is 2.19. The van der Waals surface area contributed by atoms with Gasteiger partial charge in [0.1, 0.15) is 5.82 Å². The lowest BCUT2D eigenvalue weighted by Gasteiger charge is -2.07. The first-order chi connectivity index (χ1) is 7.25. The van der Waals surface area contributed by atoms with Gasteiger partial charge in [-0.3, -0.25) is 4.98 Å². The lowest BCUT2D eigenvalue weighted by atomic mass is 10.3. The van der Waals surface area contributed by atoms with Crippen LogP contribution in [-0.4, -0.2) is 9.97 Å². The number of pyridine rings is 2. The molecule has 0 amide bonds. The molecule has 2 rings (SSSR count). The first-order valence-electron chi connectivity index (χ1n) is 4.65. The zero-order chi connectivity index (χ0) is 10.7. The molecule has 15 heavy (non-hydrogen) atoms. The van der Waals surface area contributed by atoms with Crippen molar-refractivity contribution in [2.75, 3.05) is 11.1 Å². The molecule has 2 aromatic rings. The molecular formula is C11H12N4. The first-order valence-corrected chi connectivity index (χ1v) is 4.65. The summed E-state index contributed by atoms with van der Waals surface area (Å²) in [6.45, 7) is 2.00. The van der Waals surface area contributed by atoms with Gasteiger partial charge >= 0.3 is 0 Å². The van der Waals surface area contributed by atoms with Crippen molar-refractivity contribution in [1.29, 1.82) is 0 Å². The van der Waals surface area contributed by atoms with E-state index in [4.69, 9.17) is 5.73 Å². The lowest BCUT2D eigenvalue weighted by molar-refractivity contribution is 1.25. The molecule has 0 saturated heterocycles. The largest absolute Gasteiger partial charge is 0.397 e. The molecule has 2 heterocycles. The second-order valence-electron chi connectivity index (χ2n) is 3.31. The summed E-state index contributed by atoms with van der Waals surface area (Å²) in [6.07, 6.45) is 5.13. The number of nitrogens with one attached hydrogen (secondary N) is 1. The van der Waals surface area contributed by atoms with Crippen molar-refractivity contribution in [3.8, 4) is 0 Å². The minimum Gasteiger partial charge on any atom is -0.397 e. The fraction of sp³-hybridized carbons (Fsp3) is 0.0909. The third-order valence-corrected chi connectivity index (χ3v) is 2.03. The maximum atomic E-state index is 5.77. The van der Waals surface area contributed by atoms with Crippen molar-refractivity contribution in [1.82, 2.24) is 9.97 Å². The summed E-state index contributed by atoms with van der Waals surface area (Å²) in [5.41, 5.74) is 8.32. The van der Waals surface area contributed by atoms with E-state index in [1.165, 1.54) is 0 Å². The zero-order valence-corrected chi connectivity index (χ0v) is 8.44. The molecule has 76 valence electrons. The van der Waals surface area contributed by atoms with E-state index in [9.17, 15) is 0 Å². The fourth-order valence-corrected chi connectivity index (χ4v) is 1.19. The molecule has 4 heteroatoms. The van der Waals surface area contributed by atoms with Crippen molar-refractivity contribution < 1.29 is 0 Å². The van der Waals surface area contributed by atoms with Gasteiger partial charge in [0.25, 0.3) is 0 Å². The van der Waals surface area contributed by atoms with Gasteiger partial charge in [-0.1, -0.05) is 6.07 Å². The number of nitrogens with two attached hydrogens (primary N) is 1. The summed E-state index contributed by atoms with van der Waals surface area (Å²) in [5, 5.41) is 3.10. The number of rotatable bonds is 2. The molecule has 0 aromatic carbocycles. The second kappa shape index (κ2) is 3.96. The predicted octanol–water partition coefficient (Wildman–Crippen LogP) is 2.11. The minimum atomic E-state index is 0.660. The van der Waals surface area contributed by atoms with Crippen LogP contribution in [0.5, 0.6) is 0 Å². The monoisotopic (exact) mass is 200 g/mol. The molecule has 0 aliphatic rings. The smallest absolute Gasteiger partial charge is 0.130 e. The highest BCUT2D eigenvalue weighted by atomic mass is 15.0. The molecule has 4 nitrogen and oxygen atoms in total. The summed E-state index contributed by atoms with van der Waals surface area (Å²) < 4.78 is 0. The third kappa shape index (κ3) is 2.22. The molecular weight excluding hydrogens is 188 g/mol. The molecule has 3 N–H and O–H groups in total. The van der Waals surface area contributed by atoms with E-state index in [1.54, 1.807) is 24.7 Å². The number of nitrogen functional groups attached to an aromatic ring is 1. The molecule has 2 aromatic heterocycles. The standard InChI is InChI=1S/C11H12N4/c1-8-2-3-11(14-6-8)15-10-7-13-5-4-9(10)12/h2-7H,1H3,(H2,12,13)(H,14,15). The van der Waals surface area contributed by atoms with E-state index < -0.39 is 0 Å². The van der Waals surface area contributed by atoms with E-state index in [-0.39, 0.29) is 0 Å². The number of hydrogen-bond donors (Lipinski definition) is 2. The Bertz CT molecular complexity index is 450. The summed E-state index contributed by atoms with van der Waals surface area (Å²) in [6, 6.07) is 5.64. The van der Waals surface area contributed by atoms with Crippen molar-refractivity contribution in [2.45, 2.75) is 6.92 Å². The van der Waals surface area contributed by atoms with Gasteiger partial charge in [-0.25, -0.2) is 4.98 Å². The van der Waals surface area contributed by atoms with E-state index in [1.807, 2.05) is 19.1 Å². The van der Waals surface area contributed by atoms with Crippen LogP contribution in [0.3, 0.4) is 0 Å². The normalized spacial score (nSPS) is 9.93. The van der Waals surface area contributed by atoms with Gasteiger partial charge < -0.3 is 11.1 Å². The Balaban J connectivity index is 2.22. The topological polar surface area (TPSA) is 63.8 Å². The Morgan fingerprint density at radius 3 is 2.73 bits per heavy atom. The molecule has 0 atom stereocenters. The second-order valence-corrected chi connectivity index (χ2v) is 3.31. The zero-order valence-electron chi connectivity index (χ0n) is 8.44. The van der Waals surface area contributed by atoms with E-state index in [0.717, 1.165) is 17.1 Å². The van der Waals surface area contributed by atoms with E-state index in [0.29, 0.717) is 5.69 Å². The van der Waals surface area contributed by atoms with Crippen LogP contribution in [0.4, 0.5) is 17.2 Å². The Labute approximate surface area is 88.2 Å². The van der Waals surface area contributed by atoms with Gasteiger partial charge in [0, 0.05) is 12.4 Å². The highest BCUT2D eigenvalue weighted by molar-refractivity contribution is 5.69. The van der Waals surface area contributed by atoms with Crippen LogP contribution < -0.4 is 11.1 Å². The maximum absolute atomic E-state index is 5.77. The molecule has 0 saturated carbocycles. The molecule has 0 aliphatic heterocycles. The van der Waals surface area contributed by atoms with Gasteiger partial charge in [0.2, 0.25) is 0 Å². The average molecular weight is 200 g/mol. The van der Waals surface area contributed by atoms with E-state index >= 15 is 0 Å². The predicted molar refractivity (Wildman–Crippen MR) is 60.9 cm³/mol. The Hall–Kier alpha value is -2.10. The van der Waals surface area contributed by atoms with Crippen LogP contribution in [0, 0.1) is 6.92 Å². The quantitative estimate of drug-likeness (QED) is 0.779. The Morgan fingerprint density at radius 1 is 1.20 bits per heavy atom. The number of anilines is 3. The van der Waals surface area contributed by atoms with Crippen molar-refractivity contribution in [2.24, 2.45) is 0 Å². The summed E-state index contributed by atoms with van der Waals surface area (Å²) in [7, 11) is 0. The SMILES string of the molecule is Cc1ccc(Nc2cnccc2N)nc1. The van der Waals surface area contributed by atoms with Crippen molar-refractivity contribution in [3.63, 3.8) is 0 Å². The molecule has 0 fully saturated rings. The van der Waals surface area contributed by atoms with Crippen LogP contribution in [0.2, 0.25) is 0 Å². The summed E-state index contributed by atoms with van der Waals surface area (Å²) in [4.78, 5) is 8.21. The lowest BCUT2D eigenvalue weighted by Crippen LogP contribution is -1.98. The van der Waals surface area contributed by atoms with Crippen molar-refractivity contribution in [3.05, 3.63) is 42.4 Å². The summed E-state index contributed by atoms with van der Waals surface area (Å²) in [5.74, 6) is 0.764. The van der Waals surface area contributed by atoms with Gasteiger partial charge in [0.05, 0.1) is 17.6 Å². The van der Waals surface area contributed by atoms with Crippen LogP contribution in [-0.2, 0) is 0 Å². The molecule has 0 spiro atoms. The fourth-order valence-electron chi connectivity index (χ4n) is 1.19. The maximum Gasteiger partial charge on any atom is 0.130 e. The summed E-state index contributed by atoms with van der Waals surface area (Å²) >= 11 is 0. The number of nitrogens with zero attached hydrogens (tertiary/aromatic N) is 2. The van der Waals surface area contributed by atoms with Crippen LogP contribution in [0.1, 0.15) is 5.56 Å². The van der Waals surface area contributed by atoms with Gasteiger partial charge in [-0.05, 0) is 24.6 Å². The van der Waals surface area contributed by atoms with Crippen LogP contribution in [0.15, 0.2) is 36.8 Å². The van der Waals surface area contributed by atoms with Gasteiger partial charge in [-0.15, -0.1) is 0 Å². The Morgan fingerprint density at radius 2 is 2.07 bits per heavy atom. The molecule has 0 bridgehead atoms. The highest BCUT2D eigenvalue weighted by Gasteiger charge is 1.99. The number of aryl methyl sites for hydroxylation is 1. The molecule has 0 radical (unpaired) electrons. The van der Waals surface area contributed by atoms with Gasteiger partial charge in [-0.2, -0.15) is 0 Å². The first kappa shape index (κ1) is 9.45. The average Bonchev–Trinajstić information content (AvgIpc) is 2.25. The van der Waals surface area contributed by atoms with Crippen LogP contribution in [0.25, 0.3) is 0 Å². The van der Waals surface area contributed by atoms with Crippen LogP contribution >= 0.6 is 0 Å². The number of aromatic nitrogens is 2. The minimum absolute atomic E-state index is 0.660. The molecule has 0 unspecified atom stereocenters. The third-order valence-electron chi connectivity index (χ3n) is 2.03. The Kier molecular flexibility index (Phi) is 2.49. The molecule has 0 aliphatic carbocycles.